The number of aryl methyl sites for hydroxylation is 1. The average molecular weight is 283 g/mol. The van der Waals surface area contributed by atoms with Crippen LogP contribution in [0.15, 0.2) is 42.5 Å². The van der Waals surface area contributed by atoms with Crippen molar-refractivity contribution < 1.29 is 22.1 Å². The van der Waals surface area contributed by atoms with Gasteiger partial charge in [0, 0.05) is 0 Å². The van der Waals surface area contributed by atoms with Gasteiger partial charge in [0.1, 0.15) is 18.2 Å². The fraction of sp³-hybridized carbons (Fsp3) is 0.143. The molecule has 0 saturated heterocycles. The quantitative estimate of drug-likeness (QED) is 0.613. The largest absolute Gasteiger partial charge is 0.509 e. The van der Waals surface area contributed by atoms with Gasteiger partial charge in [-0.3, -0.25) is 0 Å². The van der Waals surface area contributed by atoms with Gasteiger partial charge in [-0.25, -0.2) is 4.39 Å². The fourth-order valence-corrected chi connectivity index (χ4v) is 1.74. The Morgan fingerprint density at radius 1 is 1.00 bits per heavy atom. The Bertz CT molecular complexity index is 593. The van der Waals surface area contributed by atoms with Gasteiger partial charge in [0.05, 0.1) is 0 Å². The third-order valence-corrected chi connectivity index (χ3v) is 2.96. The van der Waals surface area contributed by atoms with Crippen LogP contribution in [-0.2, 0) is 6.61 Å². The van der Waals surface area contributed by atoms with Crippen molar-refractivity contribution in [2.24, 2.45) is 0 Å². The summed E-state index contributed by atoms with van der Waals surface area (Å²) in [6.07, 6.45) is 0. The Morgan fingerprint density at radius 2 is 1.65 bits per heavy atom. The zero-order valence-corrected chi connectivity index (χ0v) is 10.7. The maximum Gasteiger partial charge on any atom is 0.509 e. The number of rotatable bonds is 4. The van der Waals surface area contributed by atoms with E-state index in [2.05, 4.69) is 0 Å². The second kappa shape index (κ2) is 5.57. The Hall–Kier alpha value is -1.98. The maximum atomic E-state index is 13.1. The highest BCUT2D eigenvalue weighted by Gasteiger charge is 2.24. The summed E-state index contributed by atoms with van der Waals surface area (Å²) >= 11 is 0. The van der Waals surface area contributed by atoms with Crippen LogP contribution >= 0.6 is 0 Å². The molecule has 0 aliphatic heterocycles. The molecule has 0 unspecified atom stereocenters. The van der Waals surface area contributed by atoms with Crippen molar-refractivity contribution in [2.45, 2.75) is 13.5 Å². The number of ether oxygens (including phenoxy) is 1. The molecule has 0 amide bonds. The molecule has 20 heavy (non-hydrogen) atoms. The van der Waals surface area contributed by atoms with E-state index in [9.17, 15) is 17.3 Å². The smallest absolute Gasteiger partial charge is 0.489 e. The van der Waals surface area contributed by atoms with Crippen LogP contribution in [0, 0.1) is 12.7 Å². The molecule has 2 aromatic carbocycles. The summed E-state index contributed by atoms with van der Waals surface area (Å²) in [7, 11) is 0. The monoisotopic (exact) mass is 283 g/mol. The molecule has 0 spiro atoms. The highest BCUT2D eigenvalue weighted by molar-refractivity contribution is 6.73. The SMILES string of the molecule is Cc1ccc(F)cc1COc1ccc([B-](F)(F)F)cc1. The van der Waals surface area contributed by atoms with Crippen LogP contribution in [0.3, 0.4) is 0 Å². The van der Waals surface area contributed by atoms with Gasteiger partial charge in [-0.2, -0.15) is 0 Å². The zero-order chi connectivity index (χ0) is 14.8. The molecule has 2 rings (SSSR count). The minimum absolute atomic E-state index is 0.111. The molecule has 0 atom stereocenters. The first kappa shape index (κ1) is 14.4. The van der Waals surface area contributed by atoms with Crippen molar-refractivity contribution in [2.75, 3.05) is 0 Å². The highest BCUT2D eigenvalue weighted by Crippen LogP contribution is 2.17. The molecule has 2 aromatic rings. The normalized spacial score (nSPS) is 11.4. The minimum atomic E-state index is -4.99. The van der Waals surface area contributed by atoms with Crippen molar-refractivity contribution in [1.82, 2.24) is 0 Å². The van der Waals surface area contributed by atoms with E-state index in [1.807, 2.05) is 6.92 Å². The molecule has 0 bridgehead atoms. The summed E-state index contributed by atoms with van der Waals surface area (Å²) in [5.41, 5.74) is 0.857. The van der Waals surface area contributed by atoms with Crippen LogP contribution in [0.2, 0.25) is 0 Å². The Balaban J connectivity index is 2.06. The summed E-state index contributed by atoms with van der Waals surface area (Å²) in [6, 6.07) is 8.81. The van der Waals surface area contributed by atoms with Gasteiger partial charge in [0.15, 0.2) is 0 Å². The predicted molar refractivity (Wildman–Crippen MR) is 70.6 cm³/mol. The van der Waals surface area contributed by atoms with Gasteiger partial charge in [-0.05, 0) is 42.3 Å². The summed E-state index contributed by atoms with van der Waals surface area (Å²) in [4.78, 5) is 0. The van der Waals surface area contributed by atoms with Crippen molar-refractivity contribution in [3.63, 3.8) is 0 Å². The van der Waals surface area contributed by atoms with Crippen LogP contribution in [0.4, 0.5) is 17.3 Å². The van der Waals surface area contributed by atoms with Crippen LogP contribution in [0.1, 0.15) is 11.1 Å². The maximum absolute atomic E-state index is 13.1. The lowest BCUT2D eigenvalue weighted by molar-refractivity contribution is 0.305. The standard InChI is InChI=1S/C14H12BF4O/c1-10-2-5-13(16)8-11(10)9-20-14-6-3-12(4-7-14)15(17,18)19/h2-8H,9H2,1H3/q-1. The highest BCUT2D eigenvalue weighted by atomic mass is 19.4. The van der Waals surface area contributed by atoms with E-state index in [0.29, 0.717) is 11.3 Å². The Morgan fingerprint density at radius 3 is 2.25 bits per heavy atom. The molecule has 0 saturated carbocycles. The van der Waals surface area contributed by atoms with E-state index in [4.69, 9.17) is 4.74 Å². The average Bonchev–Trinajstić information content (AvgIpc) is 2.39. The van der Waals surface area contributed by atoms with Gasteiger partial charge in [-0.15, -0.1) is 5.46 Å². The summed E-state index contributed by atoms with van der Waals surface area (Å²) < 4.78 is 55.8. The second-order valence-electron chi connectivity index (χ2n) is 4.50. The van der Waals surface area contributed by atoms with E-state index in [0.717, 1.165) is 17.7 Å². The number of hydrogen-bond acceptors (Lipinski definition) is 1. The molecule has 0 heterocycles. The Labute approximate surface area is 114 Å². The third kappa shape index (κ3) is 3.53. The van der Waals surface area contributed by atoms with E-state index in [1.165, 1.54) is 24.3 Å². The van der Waals surface area contributed by atoms with E-state index < -0.39 is 12.4 Å². The summed E-state index contributed by atoms with van der Waals surface area (Å²) in [5.74, 6) is -0.0539. The lowest BCUT2D eigenvalue weighted by Crippen LogP contribution is -2.33. The number of halogens is 4. The molecule has 0 aromatic heterocycles. The van der Waals surface area contributed by atoms with Crippen molar-refractivity contribution in [3.05, 3.63) is 59.4 Å². The predicted octanol–water partition coefficient (Wildman–Crippen LogP) is 3.77. The van der Waals surface area contributed by atoms with E-state index >= 15 is 0 Å². The van der Waals surface area contributed by atoms with Crippen molar-refractivity contribution in [3.8, 4) is 5.75 Å². The lowest BCUT2D eigenvalue weighted by Gasteiger charge is -2.15. The van der Waals surface area contributed by atoms with Crippen LogP contribution in [0.25, 0.3) is 0 Å². The molecule has 0 radical (unpaired) electrons. The molecular formula is C14H12BF4O-. The first-order valence-electron chi connectivity index (χ1n) is 6.04. The van der Waals surface area contributed by atoms with Crippen molar-refractivity contribution in [1.29, 1.82) is 0 Å². The van der Waals surface area contributed by atoms with Gasteiger partial charge in [0.2, 0.25) is 0 Å². The van der Waals surface area contributed by atoms with Crippen LogP contribution in [-0.4, -0.2) is 6.98 Å². The molecular weight excluding hydrogens is 271 g/mol. The number of hydrogen-bond donors (Lipinski definition) is 0. The van der Waals surface area contributed by atoms with Crippen LogP contribution < -0.4 is 10.2 Å². The summed E-state index contributed by atoms with van der Waals surface area (Å²) in [5, 5.41) is 0. The van der Waals surface area contributed by atoms with E-state index in [1.54, 1.807) is 6.07 Å². The fourth-order valence-electron chi connectivity index (χ4n) is 1.74. The molecule has 1 nitrogen and oxygen atoms in total. The second-order valence-corrected chi connectivity index (χ2v) is 4.50. The van der Waals surface area contributed by atoms with Crippen molar-refractivity contribution >= 4 is 12.4 Å². The molecule has 6 heteroatoms. The first-order valence-corrected chi connectivity index (χ1v) is 6.04. The first-order chi connectivity index (χ1) is 9.36. The summed E-state index contributed by atoms with van der Waals surface area (Å²) in [6.45, 7) is -3.07. The van der Waals surface area contributed by atoms with E-state index in [-0.39, 0.29) is 12.4 Å². The molecule has 0 N–H and O–H groups in total. The molecule has 0 aliphatic rings. The third-order valence-electron chi connectivity index (χ3n) is 2.96. The van der Waals surface area contributed by atoms with Gasteiger partial charge in [0.25, 0.3) is 0 Å². The van der Waals surface area contributed by atoms with Crippen LogP contribution in [0.5, 0.6) is 5.75 Å². The molecule has 106 valence electrons. The zero-order valence-electron chi connectivity index (χ0n) is 10.7. The molecule has 0 aliphatic carbocycles. The number of benzene rings is 2. The molecule has 0 fully saturated rings. The Kier molecular flexibility index (Phi) is 4.02. The van der Waals surface area contributed by atoms with Gasteiger partial charge in [-0.1, -0.05) is 18.2 Å². The lowest BCUT2D eigenvalue weighted by atomic mass is 9.80. The van der Waals surface area contributed by atoms with Gasteiger partial charge < -0.3 is 17.7 Å². The minimum Gasteiger partial charge on any atom is -0.489 e. The topological polar surface area (TPSA) is 9.23 Å². The van der Waals surface area contributed by atoms with Gasteiger partial charge >= 0.3 is 6.98 Å².